The first-order valence-corrected chi connectivity index (χ1v) is 8.69. The van der Waals surface area contributed by atoms with Gasteiger partial charge in [-0.15, -0.1) is 0 Å². The summed E-state index contributed by atoms with van der Waals surface area (Å²) >= 11 is 5.84. The van der Waals surface area contributed by atoms with E-state index in [1.807, 2.05) is 0 Å². The summed E-state index contributed by atoms with van der Waals surface area (Å²) in [6.07, 6.45) is -0.432. The van der Waals surface area contributed by atoms with Crippen LogP contribution in [0.2, 0.25) is 5.02 Å². The van der Waals surface area contributed by atoms with Gasteiger partial charge in [0.05, 0.1) is 18.0 Å². The van der Waals surface area contributed by atoms with Gasteiger partial charge in [-0.3, -0.25) is 14.4 Å². The highest BCUT2D eigenvalue weighted by Gasteiger charge is 2.46. The minimum atomic E-state index is -1.24. The zero-order chi connectivity index (χ0) is 20.4. The average molecular weight is 404 g/mol. The summed E-state index contributed by atoms with van der Waals surface area (Å²) in [5, 5.41) is 20.1. The Balaban J connectivity index is 2.18. The molecule has 0 saturated carbocycles. The number of carbonyl (C=O) groups excluding carboxylic acids is 2. The minimum Gasteiger partial charge on any atom is -0.507 e. The Bertz CT molecular complexity index is 986. The number of carboxylic acids is 1. The van der Waals surface area contributed by atoms with E-state index in [9.17, 15) is 23.9 Å². The molecule has 1 aliphatic rings. The number of hydrogen-bond acceptors (Lipinski definition) is 4. The Morgan fingerprint density at radius 2 is 1.71 bits per heavy atom. The quantitative estimate of drug-likeness (QED) is 0.453. The Kier molecular flexibility index (Phi) is 5.46. The maximum absolute atomic E-state index is 14.5. The van der Waals surface area contributed by atoms with Crippen LogP contribution < -0.4 is 0 Å². The fourth-order valence-electron chi connectivity index (χ4n) is 3.11. The van der Waals surface area contributed by atoms with Crippen molar-refractivity contribution >= 4 is 35.0 Å². The fraction of sp³-hybridized carbons (Fsp3) is 0.150. The van der Waals surface area contributed by atoms with E-state index in [4.69, 9.17) is 16.7 Å². The third-order valence-corrected chi connectivity index (χ3v) is 4.68. The summed E-state index contributed by atoms with van der Waals surface area (Å²) < 4.78 is 14.5. The topological polar surface area (TPSA) is 94.9 Å². The van der Waals surface area contributed by atoms with Crippen molar-refractivity contribution < 1.29 is 29.0 Å². The first-order chi connectivity index (χ1) is 13.3. The first-order valence-electron chi connectivity index (χ1n) is 8.32. The zero-order valence-electron chi connectivity index (χ0n) is 14.4. The van der Waals surface area contributed by atoms with Crippen LogP contribution in [-0.4, -0.2) is 39.3 Å². The number of benzene rings is 2. The molecular weight excluding hydrogens is 389 g/mol. The van der Waals surface area contributed by atoms with E-state index in [0.29, 0.717) is 5.02 Å². The molecule has 6 nitrogen and oxygen atoms in total. The molecule has 2 N–H and O–H groups in total. The molecule has 1 aliphatic heterocycles. The first kappa shape index (κ1) is 19.6. The van der Waals surface area contributed by atoms with Gasteiger partial charge >= 0.3 is 5.97 Å². The van der Waals surface area contributed by atoms with Crippen LogP contribution in [0.15, 0.2) is 54.1 Å². The van der Waals surface area contributed by atoms with E-state index in [0.717, 1.165) is 11.0 Å². The molecule has 1 saturated heterocycles. The highest BCUT2D eigenvalue weighted by Crippen LogP contribution is 2.40. The lowest BCUT2D eigenvalue weighted by Crippen LogP contribution is -2.32. The summed E-state index contributed by atoms with van der Waals surface area (Å²) in [6, 6.07) is 10.2. The molecule has 0 unspecified atom stereocenters. The van der Waals surface area contributed by atoms with Crippen molar-refractivity contribution in [2.45, 2.75) is 12.5 Å². The van der Waals surface area contributed by atoms with Gasteiger partial charge in [0.2, 0.25) is 0 Å². The van der Waals surface area contributed by atoms with Crippen LogP contribution in [0.3, 0.4) is 0 Å². The van der Waals surface area contributed by atoms with Gasteiger partial charge in [-0.05, 0) is 30.3 Å². The second-order valence-corrected chi connectivity index (χ2v) is 6.60. The average Bonchev–Trinajstić information content (AvgIpc) is 2.91. The summed E-state index contributed by atoms with van der Waals surface area (Å²) in [6.45, 7) is -0.309. The predicted octanol–water partition coefficient (Wildman–Crippen LogP) is 3.38. The molecule has 1 atom stereocenters. The number of ketones is 1. The summed E-state index contributed by atoms with van der Waals surface area (Å²) in [4.78, 5) is 37.1. The van der Waals surface area contributed by atoms with Crippen LogP contribution in [-0.2, 0) is 14.4 Å². The molecule has 144 valence electrons. The Morgan fingerprint density at radius 1 is 1.07 bits per heavy atom. The molecule has 1 heterocycles. The van der Waals surface area contributed by atoms with Crippen LogP contribution in [0.5, 0.6) is 0 Å². The lowest BCUT2D eigenvalue weighted by molar-refractivity contribution is -0.142. The maximum atomic E-state index is 14.5. The number of aliphatic carboxylic acids is 1. The number of rotatable bonds is 5. The van der Waals surface area contributed by atoms with Crippen molar-refractivity contribution in [2.75, 3.05) is 6.54 Å². The third-order valence-electron chi connectivity index (χ3n) is 4.42. The van der Waals surface area contributed by atoms with Crippen molar-refractivity contribution in [1.29, 1.82) is 0 Å². The highest BCUT2D eigenvalue weighted by molar-refractivity contribution is 6.46. The van der Waals surface area contributed by atoms with Crippen LogP contribution >= 0.6 is 11.6 Å². The molecular formula is C20H15ClFNO5. The predicted molar refractivity (Wildman–Crippen MR) is 99.1 cm³/mol. The summed E-state index contributed by atoms with van der Waals surface area (Å²) in [7, 11) is 0. The van der Waals surface area contributed by atoms with Gasteiger partial charge in [-0.1, -0.05) is 29.8 Å². The summed E-state index contributed by atoms with van der Waals surface area (Å²) in [5.41, 5.74) is -0.0904. The third kappa shape index (κ3) is 3.61. The normalized spacial score (nSPS) is 18.5. The molecule has 2 aromatic rings. The molecule has 1 fully saturated rings. The van der Waals surface area contributed by atoms with Crippen LogP contribution in [0, 0.1) is 5.82 Å². The number of aliphatic hydroxyl groups is 1. The van der Waals surface area contributed by atoms with Crippen molar-refractivity contribution in [3.63, 3.8) is 0 Å². The molecule has 1 amide bonds. The number of aliphatic hydroxyl groups excluding tert-OH is 1. The van der Waals surface area contributed by atoms with E-state index >= 15 is 0 Å². The Morgan fingerprint density at radius 3 is 2.32 bits per heavy atom. The molecule has 0 bridgehead atoms. The lowest BCUT2D eigenvalue weighted by Gasteiger charge is -2.25. The van der Waals surface area contributed by atoms with Crippen molar-refractivity contribution in [3.05, 3.63) is 76.1 Å². The molecule has 8 heteroatoms. The summed E-state index contributed by atoms with van der Waals surface area (Å²) in [5.74, 6) is -4.35. The number of carbonyl (C=O) groups is 3. The standard InChI is InChI=1S/C20H15ClFNO5/c21-12-7-5-11(6-8-12)18(26)16-17(13-3-1-2-4-14(13)22)23(10-9-15(24)25)20(28)19(16)27/h1-8,17,26H,9-10H2,(H,24,25)/t17-/m1/s1. The monoisotopic (exact) mass is 403 g/mol. The number of amides is 1. The second kappa shape index (κ2) is 7.82. The smallest absolute Gasteiger partial charge is 0.305 e. The van der Waals surface area contributed by atoms with Gasteiger partial charge in [-0.25, -0.2) is 4.39 Å². The number of halogens is 2. The molecule has 0 aliphatic carbocycles. The van der Waals surface area contributed by atoms with E-state index in [1.165, 1.54) is 42.5 Å². The molecule has 2 aromatic carbocycles. The zero-order valence-corrected chi connectivity index (χ0v) is 15.2. The van der Waals surface area contributed by atoms with E-state index in [1.54, 1.807) is 0 Å². The van der Waals surface area contributed by atoms with Gasteiger partial charge in [0.15, 0.2) is 0 Å². The highest BCUT2D eigenvalue weighted by atomic mass is 35.5. The Hall–Kier alpha value is -3.19. The van der Waals surface area contributed by atoms with Gasteiger partial charge in [0.25, 0.3) is 11.7 Å². The maximum Gasteiger partial charge on any atom is 0.305 e. The van der Waals surface area contributed by atoms with Crippen LogP contribution in [0.1, 0.15) is 23.6 Å². The Labute approximate surface area is 164 Å². The SMILES string of the molecule is O=C(O)CCN1C(=O)C(=O)C(=C(O)c2ccc(Cl)cc2)[C@H]1c1ccccc1F. The van der Waals surface area contributed by atoms with E-state index in [2.05, 4.69) is 0 Å². The fourth-order valence-corrected chi connectivity index (χ4v) is 3.24. The number of Topliss-reactive ketones (excluding diaryl/α,β-unsaturated/α-hetero) is 1. The molecule has 28 heavy (non-hydrogen) atoms. The molecule has 0 radical (unpaired) electrons. The second-order valence-electron chi connectivity index (χ2n) is 6.16. The van der Waals surface area contributed by atoms with Crippen LogP contribution in [0.25, 0.3) is 5.76 Å². The minimum absolute atomic E-state index is 0.0115. The molecule has 0 aromatic heterocycles. The largest absolute Gasteiger partial charge is 0.507 e. The van der Waals surface area contributed by atoms with Crippen LogP contribution in [0.4, 0.5) is 4.39 Å². The number of nitrogens with zero attached hydrogens (tertiary/aromatic N) is 1. The number of hydrogen-bond donors (Lipinski definition) is 2. The number of likely N-dealkylation sites (tertiary alicyclic amines) is 1. The lowest BCUT2D eigenvalue weighted by atomic mass is 9.95. The molecule has 3 rings (SSSR count). The van der Waals surface area contributed by atoms with Gasteiger partial charge in [0.1, 0.15) is 11.6 Å². The van der Waals surface area contributed by atoms with Gasteiger partial charge < -0.3 is 15.1 Å². The van der Waals surface area contributed by atoms with Gasteiger partial charge in [0, 0.05) is 22.7 Å². The van der Waals surface area contributed by atoms with Crippen molar-refractivity contribution in [2.24, 2.45) is 0 Å². The van der Waals surface area contributed by atoms with E-state index in [-0.39, 0.29) is 23.2 Å². The molecule has 0 spiro atoms. The number of carboxylic acid groups (broad SMARTS) is 1. The van der Waals surface area contributed by atoms with E-state index < -0.39 is 41.7 Å². The van der Waals surface area contributed by atoms with Crippen molar-refractivity contribution in [1.82, 2.24) is 4.90 Å². The van der Waals surface area contributed by atoms with Gasteiger partial charge in [-0.2, -0.15) is 0 Å². The van der Waals surface area contributed by atoms with Crippen molar-refractivity contribution in [3.8, 4) is 0 Å².